The van der Waals surface area contributed by atoms with E-state index >= 15 is 0 Å². The molecule has 96 valence electrons. The van der Waals surface area contributed by atoms with Crippen LogP contribution in [0, 0.1) is 0 Å². The van der Waals surface area contributed by atoms with Crippen molar-refractivity contribution in [2.45, 2.75) is 39.8 Å². The van der Waals surface area contributed by atoms with Crippen LogP contribution in [0.2, 0.25) is 0 Å². The summed E-state index contributed by atoms with van der Waals surface area (Å²) in [7, 11) is 0. The summed E-state index contributed by atoms with van der Waals surface area (Å²) in [5.41, 5.74) is 0. The zero-order valence-corrected chi connectivity index (χ0v) is 11.1. The molecular weight excluding hydrogens is 216 g/mol. The standard InChI is InChI=1S/C12H22N4O/c1-10(2)16(11(3)4)8-6-14-12(17)15-7-5-13-9-15/h5,7,9-11H,6,8H2,1-4H3,(H,14,17). The fourth-order valence-electron chi connectivity index (χ4n) is 1.88. The highest BCUT2D eigenvalue weighted by atomic mass is 16.2. The summed E-state index contributed by atoms with van der Waals surface area (Å²) < 4.78 is 1.44. The van der Waals surface area contributed by atoms with Gasteiger partial charge in [0.05, 0.1) is 0 Å². The quantitative estimate of drug-likeness (QED) is 0.847. The molecule has 0 fully saturated rings. The number of rotatable bonds is 5. The van der Waals surface area contributed by atoms with E-state index in [-0.39, 0.29) is 6.03 Å². The molecule has 1 aromatic heterocycles. The van der Waals surface area contributed by atoms with Gasteiger partial charge < -0.3 is 5.32 Å². The molecule has 0 bridgehead atoms. The van der Waals surface area contributed by atoms with Crippen molar-refractivity contribution in [1.29, 1.82) is 0 Å². The summed E-state index contributed by atoms with van der Waals surface area (Å²) in [4.78, 5) is 17.8. The van der Waals surface area contributed by atoms with Gasteiger partial charge in [0, 0.05) is 37.6 Å². The second kappa shape index (κ2) is 6.39. The first-order valence-electron chi connectivity index (χ1n) is 6.04. The highest BCUT2D eigenvalue weighted by Crippen LogP contribution is 2.03. The molecule has 5 nitrogen and oxygen atoms in total. The molecule has 0 radical (unpaired) electrons. The third-order valence-electron chi connectivity index (χ3n) is 2.71. The monoisotopic (exact) mass is 238 g/mol. The van der Waals surface area contributed by atoms with Crippen LogP contribution >= 0.6 is 0 Å². The van der Waals surface area contributed by atoms with Gasteiger partial charge in [0.25, 0.3) is 0 Å². The average molecular weight is 238 g/mol. The molecule has 0 unspecified atom stereocenters. The summed E-state index contributed by atoms with van der Waals surface area (Å²) in [5, 5.41) is 2.87. The summed E-state index contributed by atoms with van der Waals surface area (Å²) in [6.45, 7) is 10.2. The van der Waals surface area contributed by atoms with Crippen molar-refractivity contribution >= 4 is 6.03 Å². The van der Waals surface area contributed by atoms with Crippen molar-refractivity contribution in [1.82, 2.24) is 19.8 Å². The van der Waals surface area contributed by atoms with Gasteiger partial charge in [-0.3, -0.25) is 9.47 Å². The van der Waals surface area contributed by atoms with Crippen molar-refractivity contribution in [2.24, 2.45) is 0 Å². The van der Waals surface area contributed by atoms with Gasteiger partial charge in [0.2, 0.25) is 0 Å². The SMILES string of the molecule is CC(C)N(CCNC(=O)n1ccnc1)C(C)C. The number of amides is 1. The maximum absolute atomic E-state index is 11.6. The van der Waals surface area contributed by atoms with Crippen molar-refractivity contribution in [3.8, 4) is 0 Å². The Kier molecular flexibility index (Phi) is 5.15. The molecule has 1 N–H and O–H groups in total. The van der Waals surface area contributed by atoms with E-state index in [9.17, 15) is 4.79 Å². The van der Waals surface area contributed by atoms with E-state index in [1.807, 2.05) is 0 Å². The van der Waals surface area contributed by atoms with Gasteiger partial charge in [-0.2, -0.15) is 0 Å². The largest absolute Gasteiger partial charge is 0.336 e. The maximum Gasteiger partial charge on any atom is 0.326 e. The zero-order chi connectivity index (χ0) is 12.8. The minimum absolute atomic E-state index is 0.130. The molecular formula is C12H22N4O. The van der Waals surface area contributed by atoms with E-state index in [4.69, 9.17) is 0 Å². The Morgan fingerprint density at radius 1 is 1.35 bits per heavy atom. The van der Waals surface area contributed by atoms with Gasteiger partial charge >= 0.3 is 6.03 Å². The summed E-state index contributed by atoms with van der Waals surface area (Å²) in [5.74, 6) is 0. The van der Waals surface area contributed by atoms with Crippen LogP contribution < -0.4 is 5.32 Å². The summed E-state index contributed by atoms with van der Waals surface area (Å²) in [6.07, 6.45) is 4.73. The lowest BCUT2D eigenvalue weighted by Gasteiger charge is -2.30. The van der Waals surface area contributed by atoms with Gasteiger partial charge in [-0.15, -0.1) is 0 Å². The molecule has 0 aliphatic heterocycles. The first-order chi connectivity index (χ1) is 8.02. The lowest BCUT2D eigenvalue weighted by atomic mass is 10.2. The molecule has 0 aliphatic carbocycles. The number of carbonyl (C=O) groups is 1. The predicted octanol–water partition coefficient (Wildman–Crippen LogP) is 1.56. The van der Waals surface area contributed by atoms with E-state index in [2.05, 4.69) is 42.9 Å². The highest BCUT2D eigenvalue weighted by molar-refractivity contribution is 5.76. The topological polar surface area (TPSA) is 50.2 Å². The van der Waals surface area contributed by atoms with Gasteiger partial charge in [-0.05, 0) is 27.7 Å². The van der Waals surface area contributed by atoms with Crippen LogP contribution in [-0.2, 0) is 0 Å². The van der Waals surface area contributed by atoms with Crippen LogP contribution in [0.3, 0.4) is 0 Å². The first kappa shape index (κ1) is 13.7. The molecule has 1 amide bonds. The smallest absolute Gasteiger partial charge is 0.326 e. The van der Waals surface area contributed by atoms with E-state index < -0.39 is 0 Å². The molecule has 0 aromatic carbocycles. The minimum Gasteiger partial charge on any atom is -0.336 e. The number of hydrogen-bond donors (Lipinski definition) is 1. The van der Waals surface area contributed by atoms with Crippen LogP contribution in [0.4, 0.5) is 4.79 Å². The van der Waals surface area contributed by atoms with Crippen LogP contribution in [0.5, 0.6) is 0 Å². The third-order valence-corrected chi connectivity index (χ3v) is 2.71. The van der Waals surface area contributed by atoms with Gasteiger partial charge in [-0.1, -0.05) is 0 Å². The number of carbonyl (C=O) groups excluding carboxylic acids is 1. The Balaban J connectivity index is 2.34. The number of aromatic nitrogens is 2. The van der Waals surface area contributed by atoms with Crippen molar-refractivity contribution in [3.05, 3.63) is 18.7 Å². The zero-order valence-electron chi connectivity index (χ0n) is 11.1. The lowest BCUT2D eigenvalue weighted by molar-refractivity contribution is 0.175. The molecule has 17 heavy (non-hydrogen) atoms. The van der Waals surface area contributed by atoms with Crippen molar-refractivity contribution in [2.75, 3.05) is 13.1 Å². The minimum atomic E-state index is -0.130. The Bertz CT molecular complexity index is 324. The number of nitrogens with zero attached hydrogens (tertiary/aromatic N) is 3. The molecule has 1 aromatic rings. The van der Waals surface area contributed by atoms with E-state index in [0.717, 1.165) is 6.54 Å². The normalized spacial score (nSPS) is 11.5. The second-order valence-electron chi connectivity index (χ2n) is 4.63. The molecule has 0 saturated carbocycles. The van der Waals surface area contributed by atoms with Crippen molar-refractivity contribution < 1.29 is 4.79 Å². The van der Waals surface area contributed by atoms with Crippen LogP contribution in [0.1, 0.15) is 27.7 Å². The highest BCUT2D eigenvalue weighted by Gasteiger charge is 2.13. The molecule has 0 saturated heterocycles. The Morgan fingerprint density at radius 2 is 2.00 bits per heavy atom. The fraction of sp³-hybridized carbons (Fsp3) is 0.667. The van der Waals surface area contributed by atoms with Gasteiger partial charge in [-0.25, -0.2) is 9.78 Å². The number of nitrogens with one attached hydrogen (secondary N) is 1. The van der Waals surface area contributed by atoms with E-state index in [1.165, 1.54) is 10.9 Å². The molecule has 0 aliphatic rings. The van der Waals surface area contributed by atoms with Crippen LogP contribution in [0.25, 0.3) is 0 Å². The number of hydrogen-bond acceptors (Lipinski definition) is 3. The van der Waals surface area contributed by atoms with Crippen LogP contribution in [-0.4, -0.2) is 45.7 Å². The molecule has 0 atom stereocenters. The molecule has 0 spiro atoms. The van der Waals surface area contributed by atoms with Gasteiger partial charge in [0.1, 0.15) is 6.33 Å². The second-order valence-corrected chi connectivity index (χ2v) is 4.63. The van der Waals surface area contributed by atoms with E-state index in [0.29, 0.717) is 18.6 Å². The third kappa shape index (κ3) is 4.19. The Hall–Kier alpha value is -1.36. The predicted molar refractivity (Wildman–Crippen MR) is 68.0 cm³/mol. The summed E-state index contributed by atoms with van der Waals surface area (Å²) in [6, 6.07) is 0.843. The van der Waals surface area contributed by atoms with Gasteiger partial charge in [0.15, 0.2) is 0 Å². The fourth-order valence-corrected chi connectivity index (χ4v) is 1.88. The van der Waals surface area contributed by atoms with E-state index in [1.54, 1.807) is 12.4 Å². The first-order valence-corrected chi connectivity index (χ1v) is 6.04. The molecule has 5 heteroatoms. The molecule has 1 heterocycles. The molecule has 1 rings (SSSR count). The maximum atomic E-state index is 11.6. The Labute approximate surface area is 103 Å². The van der Waals surface area contributed by atoms with Crippen molar-refractivity contribution in [3.63, 3.8) is 0 Å². The lowest BCUT2D eigenvalue weighted by Crippen LogP contribution is -2.43. The van der Waals surface area contributed by atoms with Crippen LogP contribution in [0.15, 0.2) is 18.7 Å². The summed E-state index contributed by atoms with van der Waals surface area (Å²) >= 11 is 0. The number of imidazole rings is 1. The Morgan fingerprint density at radius 3 is 2.47 bits per heavy atom. The average Bonchev–Trinajstić information content (AvgIpc) is 2.76.